The number of hydrogen-bond acceptors (Lipinski definition) is 2. The van der Waals surface area contributed by atoms with Crippen LogP contribution in [0.4, 0.5) is 0 Å². The zero-order valence-electron chi connectivity index (χ0n) is 15.7. The molecule has 2 heteroatoms. The van der Waals surface area contributed by atoms with E-state index in [0.717, 1.165) is 5.03 Å². The van der Waals surface area contributed by atoms with Gasteiger partial charge >= 0.3 is 0 Å². The highest BCUT2D eigenvalue weighted by molar-refractivity contribution is 7.99. The van der Waals surface area contributed by atoms with Gasteiger partial charge in [0.2, 0.25) is 0 Å². The third-order valence-corrected chi connectivity index (χ3v) is 5.39. The zero-order valence-corrected chi connectivity index (χ0v) is 16.6. The molecule has 0 fully saturated rings. The Morgan fingerprint density at radius 3 is 2.04 bits per heavy atom. The van der Waals surface area contributed by atoms with Gasteiger partial charge in [0.15, 0.2) is 0 Å². The average Bonchev–Trinajstić information content (AvgIpc) is 2.75. The first-order chi connectivity index (χ1) is 13.8. The normalized spacial score (nSPS) is 10.5. The molecule has 0 aliphatic rings. The van der Waals surface area contributed by atoms with E-state index in [4.69, 9.17) is 0 Å². The molecule has 1 aromatic heterocycles. The van der Waals surface area contributed by atoms with Crippen molar-refractivity contribution < 1.29 is 0 Å². The summed E-state index contributed by atoms with van der Waals surface area (Å²) in [6.45, 7) is 2.06. The van der Waals surface area contributed by atoms with Crippen molar-refractivity contribution in [2.45, 2.75) is 16.8 Å². The molecule has 0 N–H and O–H groups in total. The number of aryl methyl sites for hydroxylation is 1. The lowest BCUT2D eigenvalue weighted by Gasteiger charge is -2.10. The Labute approximate surface area is 170 Å². The number of aromatic nitrogens is 1. The number of benzene rings is 3. The highest BCUT2D eigenvalue weighted by Gasteiger charge is 2.06. The fraction of sp³-hybridized carbons (Fsp3) is 0.0385. The van der Waals surface area contributed by atoms with Crippen LogP contribution in [0.3, 0.4) is 0 Å². The molecule has 0 unspecified atom stereocenters. The van der Waals surface area contributed by atoms with Gasteiger partial charge < -0.3 is 0 Å². The summed E-state index contributed by atoms with van der Waals surface area (Å²) in [6.07, 6.45) is 4.17. The smallest absolute Gasteiger partial charge is 0.101 e. The van der Waals surface area contributed by atoms with E-state index >= 15 is 0 Å². The topological polar surface area (TPSA) is 12.9 Å². The second-order valence-corrected chi connectivity index (χ2v) is 7.73. The van der Waals surface area contributed by atoms with Crippen LogP contribution in [0, 0.1) is 6.92 Å². The van der Waals surface area contributed by atoms with Gasteiger partial charge in [0, 0.05) is 11.1 Å². The summed E-state index contributed by atoms with van der Waals surface area (Å²) in [5.74, 6) is 0. The predicted octanol–water partition coefficient (Wildman–Crippen LogP) is 7.13. The standard InChI is InChI=1S/C26H21NS/c1-20-15-16-26(27-19-20)28-24-14-8-9-21(17-24)18-25(22-10-4-2-5-11-22)23-12-6-3-7-13-23/h2-19H,1H3. The minimum absolute atomic E-state index is 1.01. The lowest BCUT2D eigenvalue weighted by atomic mass is 9.96. The van der Waals surface area contributed by atoms with Crippen LogP contribution >= 0.6 is 11.8 Å². The molecule has 0 spiro atoms. The van der Waals surface area contributed by atoms with Crippen molar-refractivity contribution in [2.75, 3.05) is 0 Å². The Morgan fingerprint density at radius 1 is 0.750 bits per heavy atom. The molecule has 28 heavy (non-hydrogen) atoms. The van der Waals surface area contributed by atoms with E-state index in [2.05, 4.69) is 115 Å². The molecule has 4 aromatic rings. The summed E-state index contributed by atoms with van der Waals surface area (Å²) < 4.78 is 0. The van der Waals surface area contributed by atoms with E-state index in [1.54, 1.807) is 11.8 Å². The Bertz CT molecular complexity index is 1030. The zero-order chi connectivity index (χ0) is 19.2. The van der Waals surface area contributed by atoms with Gasteiger partial charge in [-0.25, -0.2) is 4.98 Å². The largest absolute Gasteiger partial charge is 0.249 e. The maximum absolute atomic E-state index is 4.51. The first-order valence-electron chi connectivity index (χ1n) is 9.31. The molecule has 0 bridgehead atoms. The summed E-state index contributed by atoms with van der Waals surface area (Å²) in [5, 5.41) is 1.01. The Morgan fingerprint density at radius 2 is 1.43 bits per heavy atom. The summed E-state index contributed by atoms with van der Waals surface area (Å²) >= 11 is 1.69. The first-order valence-corrected chi connectivity index (χ1v) is 10.1. The minimum Gasteiger partial charge on any atom is -0.249 e. The van der Waals surface area contributed by atoms with Crippen LogP contribution in [0.2, 0.25) is 0 Å². The van der Waals surface area contributed by atoms with E-state index in [0.29, 0.717) is 0 Å². The van der Waals surface area contributed by atoms with E-state index in [1.807, 2.05) is 6.20 Å². The Hall–Kier alpha value is -3.10. The molecule has 0 saturated carbocycles. The van der Waals surface area contributed by atoms with Crippen LogP contribution in [0.25, 0.3) is 11.6 Å². The molecule has 0 saturated heterocycles. The van der Waals surface area contributed by atoms with Gasteiger partial charge in [0.1, 0.15) is 5.03 Å². The van der Waals surface area contributed by atoms with Crippen molar-refractivity contribution in [2.24, 2.45) is 0 Å². The fourth-order valence-corrected chi connectivity index (χ4v) is 3.86. The number of pyridine rings is 1. The summed E-state index contributed by atoms with van der Waals surface area (Å²) in [6, 6.07) is 33.9. The average molecular weight is 380 g/mol. The van der Waals surface area contributed by atoms with Gasteiger partial charge in [-0.1, -0.05) is 90.6 Å². The predicted molar refractivity (Wildman–Crippen MR) is 119 cm³/mol. The maximum Gasteiger partial charge on any atom is 0.101 e. The van der Waals surface area contributed by atoms with Gasteiger partial charge in [0.25, 0.3) is 0 Å². The van der Waals surface area contributed by atoms with Gasteiger partial charge in [-0.05, 0) is 59.0 Å². The third kappa shape index (κ3) is 4.59. The lowest BCUT2D eigenvalue weighted by Crippen LogP contribution is -1.88. The van der Waals surface area contributed by atoms with Crippen molar-refractivity contribution in [3.05, 3.63) is 126 Å². The quantitative estimate of drug-likeness (QED) is 0.342. The van der Waals surface area contributed by atoms with Crippen LogP contribution < -0.4 is 0 Å². The molecule has 4 rings (SSSR count). The fourth-order valence-electron chi connectivity index (χ4n) is 3.04. The summed E-state index contributed by atoms with van der Waals surface area (Å²) in [4.78, 5) is 5.69. The van der Waals surface area contributed by atoms with E-state index < -0.39 is 0 Å². The molecule has 1 nitrogen and oxygen atoms in total. The van der Waals surface area contributed by atoms with Crippen LogP contribution in [-0.2, 0) is 0 Å². The molecule has 136 valence electrons. The number of rotatable bonds is 5. The number of nitrogens with zero attached hydrogens (tertiary/aromatic N) is 1. The molecule has 0 radical (unpaired) electrons. The van der Waals surface area contributed by atoms with Crippen molar-refractivity contribution in [1.29, 1.82) is 0 Å². The van der Waals surface area contributed by atoms with Crippen LogP contribution in [0.15, 0.2) is 113 Å². The van der Waals surface area contributed by atoms with Gasteiger partial charge in [-0.15, -0.1) is 0 Å². The highest BCUT2D eigenvalue weighted by Crippen LogP contribution is 2.30. The lowest BCUT2D eigenvalue weighted by molar-refractivity contribution is 1.11. The van der Waals surface area contributed by atoms with Crippen molar-refractivity contribution in [3.8, 4) is 0 Å². The molecule has 0 aliphatic carbocycles. The maximum atomic E-state index is 4.51. The minimum atomic E-state index is 1.01. The summed E-state index contributed by atoms with van der Waals surface area (Å²) in [7, 11) is 0. The Kier molecular flexibility index (Phi) is 5.69. The molecule has 3 aromatic carbocycles. The van der Waals surface area contributed by atoms with Crippen LogP contribution in [-0.4, -0.2) is 4.98 Å². The molecule has 0 aliphatic heterocycles. The highest BCUT2D eigenvalue weighted by atomic mass is 32.2. The molecule has 0 amide bonds. The van der Waals surface area contributed by atoms with E-state index in [-0.39, 0.29) is 0 Å². The Balaban J connectivity index is 1.69. The van der Waals surface area contributed by atoms with E-state index in [9.17, 15) is 0 Å². The van der Waals surface area contributed by atoms with Gasteiger partial charge in [-0.3, -0.25) is 0 Å². The summed E-state index contributed by atoms with van der Waals surface area (Å²) in [5.41, 5.74) is 6.01. The van der Waals surface area contributed by atoms with Gasteiger partial charge in [0.05, 0.1) is 0 Å². The van der Waals surface area contributed by atoms with Gasteiger partial charge in [-0.2, -0.15) is 0 Å². The second kappa shape index (κ2) is 8.73. The number of hydrogen-bond donors (Lipinski definition) is 0. The molecular formula is C26H21NS. The second-order valence-electron chi connectivity index (χ2n) is 6.64. The van der Waals surface area contributed by atoms with Crippen LogP contribution in [0.1, 0.15) is 22.3 Å². The first kappa shape index (κ1) is 18.3. The third-order valence-electron chi connectivity index (χ3n) is 4.45. The van der Waals surface area contributed by atoms with Crippen molar-refractivity contribution >= 4 is 23.4 Å². The van der Waals surface area contributed by atoms with Crippen LogP contribution in [0.5, 0.6) is 0 Å². The molecular weight excluding hydrogens is 358 g/mol. The monoisotopic (exact) mass is 379 g/mol. The molecule has 0 atom stereocenters. The molecule has 1 heterocycles. The van der Waals surface area contributed by atoms with Crippen molar-refractivity contribution in [3.63, 3.8) is 0 Å². The van der Waals surface area contributed by atoms with E-state index in [1.165, 1.54) is 32.7 Å². The van der Waals surface area contributed by atoms with Crippen molar-refractivity contribution in [1.82, 2.24) is 4.98 Å². The SMILES string of the molecule is Cc1ccc(Sc2cccc(C=C(c3ccccc3)c3ccccc3)c2)nc1.